The molecule has 1 aromatic carbocycles. The molecule has 2 N–H and O–H groups in total. The molecule has 1 unspecified atom stereocenters. The molecule has 0 bridgehead atoms. The van der Waals surface area contributed by atoms with Crippen LogP contribution >= 0.6 is 23.1 Å². The van der Waals surface area contributed by atoms with Crippen molar-refractivity contribution in [3.05, 3.63) is 46.7 Å². The van der Waals surface area contributed by atoms with Gasteiger partial charge in [-0.25, -0.2) is 14.2 Å². The van der Waals surface area contributed by atoms with Gasteiger partial charge in [-0.05, 0) is 12.5 Å². The molecule has 1 aliphatic rings. The molecule has 2 aromatic rings. The number of hydrogen-bond donors (Lipinski definition) is 2. The van der Waals surface area contributed by atoms with Gasteiger partial charge in [0, 0.05) is 48.8 Å². The van der Waals surface area contributed by atoms with Crippen LogP contribution in [0.3, 0.4) is 0 Å². The molecule has 0 aliphatic carbocycles. The molecule has 0 radical (unpaired) electrons. The van der Waals surface area contributed by atoms with Gasteiger partial charge in [0.15, 0.2) is 10.0 Å². The van der Waals surface area contributed by atoms with Gasteiger partial charge in [-0.3, -0.25) is 4.79 Å². The van der Waals surface area contributed by atoms with Crippen LogP contribution in [-0.2, 0) is 11.3 Å². The average molecular weight is 410 g/mol. The number of thiazole rings is 1. The van der Waals surface area contributed by atoms with Crippen molar-refractivity contribution in [1.29, 1.82) is 0 Å². The molecule has 0 saturated carbocycles. The number of carbonyl (C=O) groups is 2. The van der Waals surface area contributed by atoms with E-state index in [0.717, 1.165) is 6.42 Å². The largest absolute Gasteiger partial charge is 0.476 e. The SMILES string of the molecule is O=C(O)c1csc(SCCN2C(=O)CCC2CNCc2ccccc2F)n1. The van der Waals surface area contributed by atoms with Crippen molar-refractivity contribution >= 4 is 35.0 Å². The standard InChI is InChI=1S/C18H20FN3O3S2/c19-14-4-2-1-3-12(14)9-20-10-13-5-6-16(23)22(13)7-8-26-18-21-15(11-27-18)17(24)25/h1-4,11,13,20H,5-10H2,(H,24,25). The highest BCUT2D eigenvalue weighted by atomic mass is 32.2. The third-order valence-electron chi connectivity index (χ3n) is 4.37. The molecule has 3 rings (SSSR count). The topological polar surface area (TPSA) is 82.5 Å². The fourth-order valence-electron chi connectivity index (χ4n) is 2.98. The number of carbonyl (C=O) groups excluding carboxylic acids is 1. The van der Waals surface area contributed by atoms with Gasteiger partial charge < -0.3 is 15.3 Å². The van der Waals surface area contributed by atoms with Crippen LogP contribution in [0.25, 0.3) is 0 Å². The van der Waals surface area contributed by atoms with Crippen molar-refractivity contribution in [2.24, 2.45) is 0 Å². The Morgan fingerprint density at radius 3 is 3.00 bits per heavy atom. The highest BCUT2D eigenvalue weighted by molar-refractivity contribution is 8.01. The van der Waals surface area contributed by atoms with Crippen LogP contribution in [0.5, 0.6) is 0 Å². The number of nitrogens with one attached hydrogen (secondary N) is 1. The van der Waals surface area contributed by atoms with E-state index in [1.807, 2.05) is 4.90 Å². The summed E-state index contributed by atoms with van der Waals surface area (Å²) in [7, 11) is 0. The Morgan fingerprint density at radius 2 is 2.26 bits per heavy atom. The van der Waals surface area contributed by atoms with Gasteiger partial charge >= 0.3 is 5.97 Å². The first-order chi connectivity index (χ1) is 13.0. The highest BCUT2D eigenvalue weighted by Gasteiger charge is 2.30. The Hall–Kier alpha value is -1.97. The number of nitrogens with zero attached hydrogens (tertiary/aromatic N) is 2. The summed E-state index contributed by atoms with van der Waals surface area (Å²) in [6.45, 7) is 1.62. The first-order valence-corrected chi connectivity index (χ1v) is 10.5. The van der Waals surface area contributed by atoms with Gasteiger partial charge in [0.25, 0.3) is 0 Å². The number of carboxylic acids is 1. The number of halogens is 1. The van der Waals surface area contributed by atoms with Crippen LogP contribution in [-0.4, -0.2) is 51.8 Å². The van der Waals surface area contributed by atoms with Crippen LogP contribution in [0.15, 0.2) is 34.0 Å². The molecular formula is C18H20FN3O3S2. The minimum Gasteiger partial charge on any atom is -0.476 e. The Morgan fingerprint density at radius 1 is 1.44 bits per heavy atom. The second-order valence-electron chi connectivity index (χ2n) is 6.15. The number of thioether (sulfide) groups is 1. The summed E-state index contributed by atoms with van der Waals surface area (Å²) < 4.78 is 14.3. The van der Waals surface area contributed by atoms with E-state index in [1.165, 1.54) is 34.5 Å². The fraction of sp³-hybridized carbons (Fsp3) is 0.389. The van der Waals surface area contributed by atoms with E-state index in [0.29, 0.717) is 41.7 Å². The van der Waals surface area contributed by atoms with Gasteiger partial charge in [-0.15, -0.1) is 11.3 Å². The van der Waals surface area contributed by atoms with Gasteiger partial charge in [-0.1, -0.05) is 30.0 Å². The van der Waals surface area contributed by atoms with E-state index in [9.17, 15) is 14.0 Å². The zero-order valence-electron chi connectivity index (χ0n) is 14.6. The van der Waals surface area contributed by atoms with E-state index < -0.39 is 5.97 Å². The van der Waals surface area contributed by atoms with Crippen molar-refractivity contribution in [2.45, 2.75) is 29.8 Å². The molecule has 1 amide bonds. The molecule has 6 nitrogen and oxygen atoms in total. The number of aromatic carboxylic acids is 1. The molecule has 0 spiro atoms. The lowest BCUT2D eigenvalue weighted by Crippen LogP contribution is -2.41. The smallest absolute Gasteiger partial charge is 0.355 e. The molecule has 27 heavy (non-hydrogen) atoms. The fourth-order valence-corrected chi connectivity index (χ4v) is 4.79. The summed E-state index contributed by atoms with van der Waals surface area (Å²) in [5.74, 6) is -0.486. The minimum absolute atomic E-state index is 0.0509. The van der Waals surface area contributed by atoms with Crippen molar-refractivity contribution in [3.63, 3.8) is 0 Å². The van der Waals surface area contributed by atoms with Crippen LogP contribution in [0.2, 0.25) is 0 Å². The lowest BCUT2D eigenvalue weighted by Gasteiger charge is -2.25. The Kier molecular flexibility index (Phi) is 6.81. The maximum absolute atomic E-state index is 13.7. The third-order valence-corrected chi connectivity index (χ3v) is 6.37. The first kappa shape index (κ1) is 19.8. The van der Waals surface area contributed by atoms with Gasteiger partial charge in [0.1, 0.15) is 5.82 Å². The average Bonchev–Trinajstić information content (AvgIpc) is 3.25. The van der Waals surface area contributed by atoms with Crippen molar-refractivity contribution in [1.82, 2.24) is 15.2 Å². The Labute approximate surface area is 164 Å². The number of carboxylic acid groups (broad SMARTS) is 1. The summed E-state index contributed by atoms with van der Waals surface area (Å²) in [4.78, 5) is 28.9. The summed E-state index contributed by atoms with van der Waals surface area (Å²) in [5.41, 5.74) is 0.664. The predicted octanol–water partition coefficient (Wildman–Crippen LogP) is 2.85. The maximum atomic E-state index is 13.7. The summed E-state index contributed by atoms with van der Waals surface area (Å²) in [6.07, 6.45) is 1.31. The minimum atomic E-state index is -1.03. The molecule has 2 heterocycles. The zero-order chi connectivity index (χ0) is 19.2. The number of hydrogen-bond acceptors (Lipinski definition) is 6. The van der Waals surface area contributed by atoms with E-state index in [2.05, 4.69) is 10.3 Å². The van der Waals surface area contributed by atoms with Crippen LogP contribution < -0.4 is 5.32 Å². The van der Waals surface area contributed by atoms with E-state index in [-0.39, 0.29) is 23.5 Å². The normalized spacial score (nSPS) is 16.9. The second kappa shape index (κ2) is 9.29. The van der Waals surface area contributed by atoms with Gasteiger partial charge in [0.05, 0.1) is 0 Å². The molecular weight excluding hydrogens is 389 g/mol. The van der Waals surface area contributed by atoms with Crippen LogP contribution in [0, 0.1) is 5.82 Å². The molecule has 1 fully saturated rings. The van der Waals surface area contributed by atoms with Gasteiger partial charge in [-0.2, -0.15) is 0 Å². The number of benzene rings is 1. The van der Waals surface area contributed by atoms with Crippen molar-refractivity contribution < 1.29 is 19.1 Å². The third kappa shape index (κ3) is 5.27. The van der Waals surface area contributed by atoms with Gasteiger partial charge in [0.2, 0.25) is 5.91 Å². The molecule has 9 heteroatoms. The Bertz CT molecular complexity index is 815. The summed E-state index contributed by atoms with van der Waals surface area (Å²) in [6, 6.07) is 6.74. The number of likely N-dealkylation sites (tertiary alicyclic amines) is 1. The first-order valence-electron chi connectivity index (χ1n) is 8.60. The molecule has 1 aliphatic heterocycles. The van der Waals surface area contributed by atoms with E-state index in [4.69, 9.17) is 5.11 Å². The molecule has 1 atom stereocenters. The number of aromatic nitrogens is 1. The van der Waals surface area contributed by atoms with Crippen molar-refractivity contribution in [2.75, 3.05) is 18.8 Å². The molecule has 144 valence electrons. The lowest BCUT2D eigenvalue weighted by atomic mass is 10.2. The Balaban J connectivity index is 1.46. The molecule has 1 aromatic heterocycles. The van der Waals surface area contributed by atoms with Crippen molar-refractivity contribution in [3.8, 4) is 0 Å². The summed E-state index contributed by atoms with van der Waals surface area (Å²) in [5, 5.41) is 13.7. The quantitative estimate of drug-likeness (QED) is 0.620. The highest BCUT2D eigenvalue weighted by Crippen LogP contribution is 2.25. The molecule has 1 saturated heterocycles. The monoisotopic (exact) mass is 409 g/mol. The maximum Gasteiger partial charge on any atom is 0.355 e. The van der Waals surface area contributed by atoms with E-state index >= 15 is 0 Å². The van der Waals surface area contributed by atoms with Crippen LogP contribution in [0.4, 0.5) is 4.39 Å². The lowest BCUT2D eigenvalue weighted by molar-refractivity contribution is -0.128. The predicted molar refractivity (Wildman–Crippen MR) is 103 cm³/mol. The van der Waals surface area contributed by atoms with E-state index in [1.54, 1.807) is 18.2 Å². The zero-order valence-corrected chi connectivity index (χ0v) is 16.2. The number of rotatable bonds is 9. The summed E-state index contributed by atoms with van der Waals surface area (Å²) >= 11 is 2.75. The number of amides is 1. The van der Waals surface area contributed by atoms with Crippen LogP contribution in [0.1, 0.15) is 28.9 Å². The second-order valence-corrected chi connectivity index (χ2v) is 8.35.